The van der Waals surface area contributed by atoms with Crippen LogP contribution in [0.2, 0.25) is 0 Å². The van der Waals surface area contributed by atoms with E-state index in [0.29, 0.717) is 12.0 Å². The van der Waals surface area contributed by atoms with Crippen molar-refractivity contribution in [3.63, 3.8) is 0 Å². The molecule has 0 aromatic rings. The van der Waals surface area contributed by atoms with Gasteiger partial charge in [0.2, 0.25) is 4.38 Å². The van der Waals surface area contributed by atoms with E-state index in [1.54, 1.807) is 0 Å². The van der Waals surface area contributed by atoms with Crippen LogP contribution < -0.4 is 29.6 Å². The minimum atomic E-state index is 0. The first kappa shape index (κ1) is 12.8. The van der Waals surface area contributed by atoms with E-state index >= 15 is 0 Å². The van der Waals surface area contributed by atoms with E-state index in [1.807, 2.05) is 13.8 Å². The third-order valence-electron chi connectivity index (χ3n) is 0.406. The van der Waals surface area contributed by atoms with Crippen LogP contribution in [0.25, 0.3) is 0 Å². The molecule has 0 radical (unpaired) electrons. The summed E-state index contributed by atoms with van der Waals surface area (Å²) >= 11 is 4.98. The number of thiocarbonyl (C=S) groups is 1. The third-order valence-corrected chi connectivity index (χ3v) is 0.972. The van der Waals surface area contributed by atoms with E-state index in [1.165, 1.54) is 0 Å². The fourth-order valence-corrected chi connectivity index (χ4v) is 0.642. The Labute approximate surface area is 88.3 Å². The molecular weight excluding hydrogens is 167 g/mol. The Morgan fingerprint density at radius 1 is 1.78 bits per heavy atom. The van der Waals surface area contributed by atoms with Crippen molar-refractivity contribution in [3.8, 4) is 0 Å². The summed E-state index contributed by atoms with van der Waals surface area (Å²) in [5.74, 6) is 0. The number of hydrogen-bond donors (Lipinski definition) is 1. The van der Waals surface area contributed by atoms with Gasteiger partial charge in [-0.15, -0.1) is 0 Å². The van der Waals surface area contributed by atoms with Crippen molar-refractivity contribution in [3.05, 3.63) is 0 Å². The van der Waals surface area contributed by atoms with Crippen molar-refractivity contribution < 1.29 is 40.3 Å². The molecule has 0 aliphatic rings. The SMILES string of the molecule is CC(C)OC(=S)SO.[H-].[Na+]. The van der Waals surface area contributed by atoms with Crippen molar-refractivity contribution in [1.29, 1.82) is 0 Å². The maximum absolute atomic E-state index is 8.23. The third kappa shape index (κ3) is 9.20. The molecule has 0 aliphatic heterocycles. The van der Waals surface area contributed by atoms with E-state index in [4.69, 9.17) is 9.29 Å². The Hall–Kier alpha value is 1.20. The van der Waals surface area contributed by atoms with Crippen molar-refractivity contribution >= 4 is 28.6 Å². The van der Waals surface area contributed by atoms with Crippen LogP contribution in [-0.2, 0) is 4.74 Å². The van der Waals surface area contributed by atoms with E-state index < -0.39 is 0 Å². The molecule has 0 spiro atoms. The van der Waals surface area contributed by atoms with Crippen LogP contribution in [-0.4, -0.2) is 15.0 Å². The van der Waals surface area contributed by atoms with Crippen LogP contribution in [0.3, 0.4) is 0 Å². The molecular formula is C4H9NaO2S2. The Morgan fingerprint density at radius 3 is 2.33 bits per heavy atom. The zero-order valence-corrected chi connectivity index (χ0v) is 9.38. The Bertz CT molecular complexity index is 91.3. The maximum Gasteiger partial charge on any atom is 1.00 e. The smallest absolute Gasteiger partial charge is 1.00 e. The van der Waals surface area contributed by atoms with E-state index in [0.717, 1.165) is 0 Å². The average molecular weight is 176 g/mol. The predicted octanol–water partition coefficient (Wildman–Crippen LogP) is -0.981. The second kappa shape index (κ2) is 7.31. The van der Waals surface area contributed by atoms with Crippen LogP contribution in [0.4, 0.5) is 0 Å². The molecule has 0 atom stereocenters. The zero-order chi connectivity index (χ0) is 6.57. The van der Waals surface area contributed by atoms with Crippen LogP contribution >= 0.6 is 24.3 Å². The van der Waals surface area contributed by atoms with Gasteiger partial charge in [0, 0.05) is 0 Å². The van der Waals surface area contributed by atoms with Gasteiger partial charge in [-0.2, -0.15) is 0 Å². The van der Waals surface area contributed by atoms with Gasteiger partial charge in [-0.3, -0.25) is 0 Å². The topological polar surface area (TPSA) is 29.5 Å². The molecule has 0 saturated heterocycles. The fourth-order valence-electron chi connectivity index (χ4n) is 0.214. The van der Waals surface area contributed by atoms with Gasteiger partial charge in [0.05, 0.1) is 18.1 Å². The molecule has 1 N–H and O–H groups in total. The average Bonchev–Trinajstić information content (AvgIpc) is 1.65. The molecule has 5 heteroatoms. The number of rotatable bonds is 1. The van der Waals surface area contributed by atoms with Gasteiger partial charge in [-0.05, 0) is 26.1 Å². The molecule has 0 heterocycles. The molecule has 0 saturated carbocycles. The van der Waals surface area contributed by atoms with E-state index in [2.05, 4.69) is 12.2 Å². The van der Waals surface area contributed by atoms with Gasteiger partial charge in [0.1, 0.15) is 0 Å². The molecule has 0 fully saturated rings. The van der Waals surface area contributed by atoms with Crippen molar-refractivity contribution in [2.75, 3.05) is 0 Å². The molecule has 50 valence electrons. The standard InChI is InChI=1S/C4H8O2S2.Na.H/c1-3(2)6-4(7)8-5;;/h3,5H,1-2H3;;/q;+1;-1. The van der Waals surface area contributed by atoms with Gasteiger partial charge in [0.15, 0.2) is 0 Å². The summed E-state index contributed by atoms with van der Waals surface area (Å²) in [7, 11) is 0. The molecule has 0 rings (SSSR count). The summed E-state index contributed by atoms with van der Waals surface area (Å²) in [6.07, 6.45) is 0.0575. The van der Waals surface area contributed by atoms with Crippen LogP contribution in [0.15, 0.2) is 0 Å². The first-order chi connectivity index (χ1) is 3.66. The summed E-state index contributed by atoms with van der Waals surface area (Å²) in [6, 6.07) is 0. The van der Waals surface area contributed by atoms with Gasteiger partial charge in [-0.1, -0.05) is 0 Å². The van der Waals surface area contributed by atoms with Gasteiger partial charge in [0.25, 0.3) is 0 Å². The second-order valence-electron chi connectivity index (χ2n) is 1.51. The molecule has 0 amide bonds. The van der Waals surface area contributed by atoms with Crippen LogP contribution in [0, 0.1) is 0 Å². The predicted molar refractivity (Wildman–Crippen MR) is 40.2 cm³/mol. The van der Waals surface area contributed by atoms with E-state index in [9.17, 15) is 0 Å². The molecule has 0 aromatic heterocycles. The van der Waals surface area contributed by atoms with Crippen LogP contribution in [0.5, 0.6) is 0 Å². The molecule has 9 heavy (non-hydrogen) atoms. The largest absolute Gasteiger partial charge is 1.00 e. The Morgan fingerprint density at radius 2 is 2.22 bits per heavy atom. The van der Waals surface area contributed by atoms with Crippen LogP contribution in [0.1, 0.15) is 15.3 Å². The Kier molecular flexibility index (Phi) is 10.4. The zero-order valence-electron chi connectivity index (χ0n) is 6.75. The van der Waals surface area contributed by atoms with Gasteiger partial charge < -0.3 is 10.7 Å². The minimum Gasteiger partial charge on any atom is -1.00 e. The maximum atomic E-state index is 8.23. The second-order valence-corrected chi connectivity index (χ2v) is 2.69. The van der Waals surface area contributed by atoms with Crippen molar-refractivity contribution in [2.24, 2.45) is 0 Å². The summed E-state index contributed by atoms with van der Waals surface area (Å²) in [5.41, 5.74) is 0. The summed E-state index contributed by atoms with van der Waals surface area (Å²) in [6.45, 7) is 3.70. The molecule has 0 unspecified atom stereocenters. The summed E-state index contributed by atoms with van der Waals surface area (Å²) in [4.78, 5) is 0. The summed E-state index contributed by atoms with van der Waals surface area (Å²) in [5, 5.41) is 0. The number of ether oxygens (including phenoxy) is 1. The molecule has 2 nitrogen and oxygen atoms in total. The molecule has 0 aliphatic carbocycles. The first-order valence-corrected chi connectivity index (χ1v) is 3.37. The first-order valence-electron chi connectivity index (χ1n) is 2.19. The normalized spacial score (nSPS) is 8.44. The van der Waals surface area contributed by atoms with Gasteiger partial charge in [-0.25, -0.2) is 0 Å². The summed E-state index contributed by atoms with van der Waals surface area (Å²) < 4.78 is 13.3. The molecule has 0 aromatic carbocycles. The monoisotopic (exact) mass is 176 g/mol. The van der Waals surface area contributed by atoms with E-state index in [-0.39, 0.29) is 41.5 Å². The minimum absolute atomic E-state index is 0. The Balaban J connectivity index is -0.000000245. The van der Waals surface area contributed by atoms with Crippen molar-refractivity contribution in [2.45, 2.75) is 20.0 Å². The van der Waals surface area contributed by atoms with Crippen molar-refractivity contribution in [1.82, 2.24) is 0 Å². The molecule has 0 bridgehead atoms. The number of hydrogen-bond acceptors (Lipinski definition) is 4. The quantitative estimate of drug-likeness (QED) is 0.316. The fraction of sp³-hybridized carbons (Fsp3) is 0.750. The van der Waals surface area contributed by atoms with Gasteiger partial charge >= 0.3 is 29.6 Å².